The number of hydrogen-bond donors (Lipinski definition) is 1. The number of aromatic hydroxyl groups is 1. The monoisotopic (exact) mass is 584 g/mol. The second-order valence-corrected chi connectivity index (χ2v) is 8.89. The summed E-state index contributed by atoms with van der Waals surface area (Å²) in [7, 11) is 0. The van der Waals surface area contributed by atoms with Crippen molar-refractivity contribution in [3.05, 3.63) is 69.5 Å². The minimum Gasteiger partial charge on any atom is -0.505 e. The number of halogens is 9. The summed E-state index contributed by atoms with van der Waals surface area (Å²) in [5.41, 5.74) is 0. The van der Waals surface area contributed by atoms with E-state index in [9.17, 15) is 5.11 Å². The minimum absolute atomic E-state index is 0.00904. The second-order valence-electron chi connectivity index (χ2n) is 5.48. The number of rotatable bonds is 0. The van der Waals surface area contributed by atoms with Crippen molar-refractivity contribution in [1.82, 2.24) is 0 Å². The first-order valence-corrected chi connectivity index (χ1v) is 11.0. The molecule has 0 radical (unpaired) electrons. The molecule has 3 nitrogen and oxygen atoms in total. The summed E-state index contributed by atoms with van der Waals surface area (Å²) >= 11 is 52.0. The van der Waals surface area contributed by atoms with Crippen molar-refractivity contribution >= 4 is 104 Å². The normalized spacial score (nSPS) is 11.5. The van der Waals surface area contributed by atoms with Crippen LogP contribution in [0.5, 0.6) is 28.7 Å². The van der Waals surface area contributed by atoms with E-state index < -0.39 is 0 Å². The topological polar surface area (TPSA) is 38.7 Å². The first kappa shape index (κ1) is 24.3. The largest absolute Gasteiger partial charge is 0.505 e. The average Bonchev–Trinajstić information content (AvgIpc) is 2.76. The highest BCUT2D eigenvalue weighted by molar-refractivity contribution is 6.56. The molecule has 4 rings (SSSR count). The smallest absolute Gasteiger partial charge is 0.191 e. The van der Waals surface area contributed by atoms with E-state index >= 15 is 0 Å². The van der Waals surface area contributed by atoms with Gasteiger partial charge in [-0.1, -0.05) is 117 Å². The molecule has 12 heteroatoms. The van der Waals surface area contributed by atoms with E-state index in [1.54, 1.807) is 12.1 Å². The van der Waals surface area contributed by atoms with Crippen molar-refractivity contribution < 1.29 is 14.6 Å². The van der Waals surface area contributed by atoms with E-state index in [1.807, 2.05) is 12.1 Å². The van der Waals surface area contributed by atoms with Gasteiger partial charge < -0.3 is 14.6 Å². The van der Waals surface area contributed by atoms with Crippen LogP contribution in [0.3, 0.4) is 0 Å². The van der Waals surface area contributed by atoms with Gasteiger partial charge in [0.25, 0.3) is 0 Å². The maximum atomic E-state index is 9.20. The fourth-order valence-electron chi connectivity index (χ4n) is 2.21. The van der Waals surface area contributed by atoms with E-state index in [2.05, 4.69) is 0 Å². The molecule has 0 bridgehead atoms. The third-order valence-electron chi connectivity index (χ3n) is 3.64. The van der Waals surface area contributed by atoms with Crippen LogP contribution in [0.4, 0.5) is 0 Å². The highest BCUT2D eigenvalue weighted by atomic mass is 35.5. The maximum absolute atomic E-state index is 9.20. The number of para-hydroxylation sites is 2. The molecule has 158 valence electrons. The van der Waals surface area contributed by atoms with Crippen LogP contribution in [-0.4, -0.2) is 5.11 Å². The molecule has 0 saturated carbocycles. The van der Waals surface area contributed by atoms with Crippen LogP contribution in [0.25, 0.3) is 0 Å². The van der Waals surface area contributed by atoms with Crippen LogP contribution in [-0.2, 0) is 0 Å². The molecule has 30 heavy (non-hydrogen) atoms. The number of hydrogen-bond acceptors (Lipinski definition) is 3. The molecule has 1 aliphatic heterocycles. The molecule has 0 spiro atoms. The van der Waals surface area contributed by atoms with Crippen molar-refractivity contribution in [1.29, 1.82) is 0 Å². The molecular formula is C18H5Cl9O3. The highest BCUT2D eigenvalue weighted by Crippen LogP contribution is 2.56. The predicted octanol–water partition coefficient (Wildman–Crippen LogP) is 10.9. The molecule has 3 aromatic carbocycles. The Kier molecular flexibility index (Phi) is 7.83. The summed E-state index contributed by atoms with van der Waals surface area (Å²) < 4.78 is 11.3. The van der Waals surface area contributed by atoms with Gasteiger partial charge in [0.15, 0.2) is 28.7 Å². The van der Waals surface area contributed by atoms with Crippen molar-refractivity contribution in [2.24, 2.45) is 0 Å². The van der Waals surface area contributed by atoms with Crippen LogP contribution in [0.2, 0.25) is 45.2 Å². The standard InChI is InChI=1S/C12H4Cl4O2.C6HCl5O/c13-7-8(14)10(16)12-11(9(7)15)17-5-3-1-2-4-6(5)18-12;7-1-2(8)4(10)6(12)5(11)3(1)9/h1-4H;12H. The number of phenolic OH excluding ortho intramolecular Hbond substituents is 1. The zero-order valence-electron chi connectivity index (χ0n) is 14.0. The van der Waals surface area contributed by atoms with Crippen LogP contribution in [0, 0.1) is 0 Å². The Bertz CT molecular complexity index is 1000. The summed E-state index contributed by atoms with van der Waals surface area (Å²) in [5.74, 6) is 1.27. The van der Waals surface area contributed by atoms with Crippen molar-refractivity contribution in [2.75, 3.05) is 0 Å². The first-order chi connectivity index (χ1) is 14.1. The lowest BCUT2D eigenvalue weighted by atomic mass is 10.2. The van der Waals surface area contributed by atoms with Crippen molar-refractivity contribution in [3.8, 4) is 28.7 Å². The third-order valence-corrected chi connectivity index (χ3v) is 7.67. The summed E-state index contributed by atoms with van der Waals surface area (Å²) in [5, 5.41) is 9.65. The number of fused-ring (bicyclic) bond motifs is 2. The third kappa shape index (κ3) is 4.43. The van der Waals surface area contributed by atoms with Gasteiger partial charge in [-0.25, -0.2) is 0 Å². The van der Waals surface area contributed by atoms with Crippen LogP contribution in [0.15, 0.2) is 24.3 Å². The summed E-state index contributed by atoms with van der Waals surface area (Å²) in [6, 6.07) is 7.15. The molecule has 0 aliphatic carbocycles. The zero-order chi connectivity index (χ0) is 22.3. The molecule has 0 aromatic heterocycles. The van der Waals surface area contributed by atoms with Gasteiger partial charge in [0.1, 0.15) is 20.1 Å². The molecule has 0 unspecified atom stereocenters. The average molecular weight is 588 g/mol. The number of ether oxygens (including phenoxy) is 2. The number of benzene rings is 3. The van der Waals surface area contributed by atoms with Crippen LogP contribution >= 0.6 is 104 Å². The SMILES string of the molecule is Clc1c(Cl)c(Cl)c2c(c1Cl)Oc1ccccc1O2.Oc1c(Cl)c(Cl)c(Cl)c(Cl)c1Cl. The minimum atomic E-state index is -0.363. The Morgan fingerprint density at radius 1 is 0.467 bits per heavy atom. The van der Waals surface area contributed by atoms with Gasteiger partial charge in [0, 0.05) is 0 Å². The van der Waals surface area contributed by atoms with Crippen LogP contribution in [0.1, 0.15) is 0 Å². The molecule has 1 heterocycles. The molecule has 3 aromatic rings. The van der Waals surface area contributed by atoms with Crippen molar-refractivity contribution in [3.63, 3.8) is 0 Å². The van der Waals surface area contributed by atoms with Gasteiger partial charge in [-0.15, -0.1) is 0 Å². The fourth-order valence-corrected chi connectivity index (χ4v) is 4.23. The molecule has 1 aliphatic rings. The fraction of sp³-hybridized carbons (Fsp3) is 0. The van der Waals surface area contributed by atoms with Gasteiger partial charge in [0.2, 0.25) is 0 Å². The van der Waals surface area contributed by atoms with Crippen molar-refractivity contribution in [2.45, 2.75) is 0 Å². The van der Waals surface area contributed by atoms with E-state index in [0.29, 0.717) is 11.5 Å². The Morgan fingerprint density at radius 2 is 0.767 bits per heavy atom. The molecule has 1 N–H and O–H groups in total. The Labute approximate surface area is 215 Å². The summed E-state index contributed by atoms with van der Waals surface area (Å²) in [6.45, 7) is 0. The molecule has 0 amide bonds. The Morgan fingerprint density at radius 3 is 1.13 bits per heavy atom. The van der Waals surface area contributed by atoms with Gasteiger partial charge in [-0.3, -0.25) is 0 Å². The lowest BCUT2D eigenvalue weighted by Gasteiger charge is -2.23. The summed E-state index contributed by atoms with van der Waals surface area (Å²) in [6.07, 6.45) is 0. The quantitative estimate of drug-likeness (QED) is 0.164. The maximum Gasteiger partial charge on any atom is 0.191 e. The molecule has 0 saturated heterocycles. The molecule has 0 fully saturated rings. The number of phenols is 1. The van der Waals surface area contributed by atoms with E-state index in [4.69, 9.17) is 114 Å². The van der Waals surface area contributed by atoms with Gasteiger partial charge in [-0.2, -0.15) is 0 Å². The lowest BCUT2D eigenvalue weighted by molar-refractivity contribution is 0.360. The van der Waals surface area contributed by atoms with E-state index in [1.165, 1.54) is 0 Å². The Hall–Kier alpha value is -0.330. The lowest BCUT2D eigenvalue weighted by Crippen LogP contribution is -2.00. The van der Waals surface area contributed by atoms with Crippen LogP contribution < -0.4 is 9.47 Å². The first-order valence-electron chi connectivity index (χ1n) is 7.57. The van der Waals surface area contributed by atoms with Gasteiger partial charge in [-0.05, 0) is 12.1 Å². The predicted molar refractivity (Wildman–Crippen MR) is 126 cm³/mol. The second kappa shape index (κ2) is 9.66. The van der Waals surface area contributed by atoms with Gasteiger partial charge >= 0.3 is 0 Å². The summed E-state index contributed by atoms with van der Waals surface area (Å²) in [4.78, 5) is 0. The van der Waals surface area contributed by atoms with E-state index in [-0.39, 0.29) is 62.5 Å². The Balaban J connectivity index is 0.000000187. The van der Waals surface area contributed by atoms with E-state index in [0.717, 1.165) is 0 Å². The molecular weight excluding hydrogens is 583 g/mol. The molecule has 0 atom stereocenters. The van der Waals surface area contributed by atoms with Gasteiger partial charge in [0.05, 0.1) is 25.1 Å². The zero-order valence-corrected chi connectivity index (χ0v) is 20.8. The highest BCUT2D eigenvalue weighted by Gasteiger charge is 2.28.